The Balaban J connectivity index is 2.33. The maximum atomic E-state index is 12.1. The summed E-state index contributed by atoms with van der Waals surface area (Å²) in [5.41, 5.74) is 5.75. The van der Waals surface area contributed by atoms with Crippen LogP contribution in [0.1, 0.15) is 19.8 Å². The molecule has 0 aromatic heterocycles. The number of hydrogen-bond acceptors (Lipinski definition) is 2. The zero-order valence-corrected chi connectivity index (χ0v) is 8.05. The summed E-state index contributed by atoms with van der Waals surface area (Å²) in [6, 6.07) is 0.125. The number of halogens is 2. The summed E-state index contributed by atoms with van der Waals surface area (Å²) in [6.45, 7) is 3.40. The molecule has 0 radical (unpaired) electrons. The molecular formula is C9H18F2N2. The van der Waals surface area contributed by atoms with E-state index in [4.69, 9.17) is 5.73 Å². The second-order valence-electron chi connectivity index (χ2n) is 3.91. The second-order valence-corrected chi connectivity index (χ2v) is 3.91. The highest BCUT2D eigenvalue weighted by molar-refractivity contribution is 4.78. The van der Waals surface area contributed by atoms with Gasteiger partial charge in [0, 0.05) is 12.6 Å². The smallest absolute Gasteiger partial charge is 0.251 e. The first-order valence-electron chi connectivity index (χ1n) is 4.85. The van der Waals surface area contributed by atoms with Crippen molar-refractivity contribution in [3.8, 4) is 0 Å². The Bertz CT molecular complexity index is 151. The van der Waals surface area contributed by atoms with Crippen LogP contribution in [-0.4, -0.2) is 37.0 Å². The fourth-order valence-corrected chi connectivity index (χ4v) is 1.88. The maximum absolute atomic E-state index is 12.1. The monoisotopic (exact) mass is 192 g/mol. The Hall–Kier alpha value is -0.220. The van der Waals surface area contributed by atoms with Crippen molar-refractivity contribution in [3.63, 3.8) is 0 Å². The van der Waals surface area contributed by atoms with Crippen molar-refractivity contribution in [2.75, 3.05) is 19.6 Å². The summed E-state index contributed by atoms with van der Waals surface area (Å²) in [4.78, 5) is 1.82. The van der Waals surface area contributed by atoms with Gasteiger partial charge in [0.1, 0.15) is 0 Å². The summed E-state index contributed by atoms with van der Waals surface area (Å²) in [6.07, 6.45) is -0.136. The third-order valence-electron chi connectivity index (χ3n) is 2.68. The predicted octanol–water partition coefficient (Wildman–Crippen LogP) is 1.31. The predicted molar refractivity (Wildman–Crippen MR) is 48.8 cm³/mol. The lowest BCUT2D eigenvalue weighted by molar-refractivity contribution is 0.0615. The highest BCUT2D eigenvalue weighted by Gasteiger charge is 2.24. The van der Waals surface area contributed by atoms with E-state index in [0.29, 0.717) is 5.92 Å². The molecule has 1 aliphatic rings. The van der Waals surface area contributed by atoms with Gasteiger partial charge in [0.15, 0.2) is 0 Å². The van der Waals surface area contributed by atoms with Crippen LogP contribution < -0.4 is 5.73 Å². The summed E-state index contributed by atoms with van der Waals surface area (Å²) >= 11 is 0. The average molecular weight is 192 g/mol. The molecular weight excluding hydrogens is 174 g/mol. The Labute approximate surface area is 78.1 Å². The molecule has 78 valence electrons. The van der Waals surface area contributed by atoms with Gasteiger partial charge in [0.25, 0.3) is 6.43 Å². The second kappa shape index (κ2) is 4.86. The first kappa shape index (κ1) is 10.9. The lowest BCUT2D eigenvalue weighted by Gasteiger charge is -2.34. The van der Waals surface area contributed by atoms with Crippen LogP contribution >= 0.6 is 0 Å². The van der Waals surface area contributed by atoms with Gasteiger partial charge in [-0.05, 0) is 32.2 Å². The SMILES string of the molecule is CC(N)C1CCCN(CC(F)F)C1. The first-order chi connectivity index (χ1) is 6.09. The Morgan fingerprint density at radius 3 is 2.77 bits per heavy atom. The van der Waals surface area contributed by atoms with Crippen LogP contribution in [0.2, 0.25) is 0 Å². The number of piperidine rings is 1. The summed E-state index contributed by atoms with van der Waals surface area (Å²) in [5, 5.41) is 0. The molecule has 1 heterocycles. The third kappa shape index (κ3) is 3.56. The van der Waals surface area contributed by atoms with Gasteiger partial charge >= 0.3 is 0 Å². The van der Waals surface area contributed by atoms with Crippen molar-refractivity contribution in [3.05, 3.63) is 0 Å². The zero-order valence-electron chi connectivity index (χ0n) is 8.05. The van der Waals surface area contributed by atoms with Crippen molar-refractivity contribution in [1.29, 1.82) is 0 Å². The highest BCUT2D eigenvalue weighted by Crippen LogP contribution is 2.19. The molecule has 13 heavy (non-hydrogen) atoms. The largest absolute Gasteiger partial charge is 0.328 e. The molecule has 2 atom stereocenters. The van der Waals surface area contributed by atoms with Gasteiger partial charge in [-0.15, -0.1) is 0 Å². The molecule has 1 saturated heterocycles. The molecule has 0 aromatic carbocycles. The summed E-state index contributed by atoms with van der Waals surface area (Å²) < 4.78 is 24.1. The van der Waals surface area contributed by atoms with Gasteiger partial charge in [-0.1, -0.05) is 0 Å². The van der Waals surface area contributed by atoms with Gasteiger partial charge in [-0.2, -0.15) is 0 Å². The molecule has 0 saturated carbocycles. The van der Waals surface area contributed by atoms with Crippen molar-refractivity contribution in [2.45, 2.75) is 32.2 Å². The van der Waals surface area contributed by atoms with E-state index in [0.717, 1.165) is 25.9 Å². The van der Waals surface area contributed by atoms with E-state index in [-0.39, 0.29) is 12.6 Å². The minimum atomic E-state index is -2.22. The van der Waals surface area contributed by atoms with E-state index in [2.05, 4.69) is 0 Å². The molecule has 1 rings (SSSR count). The minimum Gasteiger partial charge on any atom is -0.328 e. The fourth-order valence-electron chi connectivity index (χ4n) is 1.88. The van der Waals surface area contributed by atoms with Crippen molar-refractivity contribution in [1.82, 2.24) is 4.90 Å². The van der Waals surface area contributed by atoms with Crippen LogP contribution in [0, 0.1) is 5.92 Å². The molecule has 1 fully saturated rings. The molecule has 0 aromatic rings. The van der Waals surface area contributed by atoms with Crippen molar-refractivity contribution < 1.29 is 8.78 Å². The molecule has 2 nitrogen and oxygen atoms in total. The fraction of sp³-hybridized carbons (Fsp3) is 1.00. The molecule has 0 spiro atoms. The maximum Gasteiger partial charge on any atom is 0.251 e. The van der Waals surface area contributed by atoms with E-state index in [9.17, 15) is 8.78 Å². The number of alkyl halides is 2. The van der Waals surface area contributed by atoms with Gasteiger partial charge in [-0.25, -0.2) is 8.78 Å². The molecule has 1 aliphatic heterocycles. The molecule has 2 unspecified atom stereocenters. The van der Waals surface area contributed by atoms with E-state index < -0.39 is 6.43 Å². The standard InChI is InChI=1S/C9H18F2N2/c1-7(12)8-3-2-4-13(5-8)6-9(10)11/h7-9H,2-6,12H2,1H3. The molecule has 4 heteroatoms. The number of likely N-dealkylation sites (tertiary alicyclic amines) is 1. The van der Waals surface area contributed by atoms with Crippen LogP contribution in [0.5, 0.6) is 0 Å². The minimum absolute atomic E-state index is 0.0940. The highest BCUT2D eigenvalue weighted by atomic mass is 19.3. The van der Waals surface area contributed by atoms with Crippen LogP contribution in [0.25, 0.3) is 0 Å². The lowest BCUT2D eigenvalue weighted by atomic mass is 9.92. The Kier molecular flexibility index (Phi) is 4.06. The number of nitrogens with zero attached hydrogens (tertiary/aromatic N) is 1. The van der Waals surface area contributed by atoms with Crippen LogP contribution in [0.15, 0.2) is 0 Å². The molecule has 2 N–H and O–H groups in total. The zero-order chi connectivity index (χ0) is 9.84. The van der Waals surface area contributed by atoms with E-state index in [1.54, 1.807) is 0 Å². The molecule has 0 bridgehead atoms. The normalized spacial score (nSPS) is 27.9. The van der Waals surface area contributed by atoms with Crippen molar-refractivity contribution >= 4 is 0 Å². The quantitative estimate of drug-likeness (QED) is 0.730. The van der Waals surface area contributed by atoms with E-state index in [1.807, 2.05) is 11.8 Å². The third-order valence-corrected chi connectivity index (χ3v) is 2.68. The van der Waals surface area contributed by atoms with Crippen LogP contribution in [0.3, 0.4) is 0 Å². The topological polar surface area (TPSA) is 29.3 Å². The lowest BCUT2D eigenvalue weighted by Crippen LogP contribution is -2.43. The Morgan fingerprint density at radius 1 is 1.54 bits per heavy atom. The summed E-state index contributed by atoms with van der Waals surface area (Å²) in [5.74, 6) is 0.396. The number of rotatable bonds is 3. The molecule has 0 amide bonds. The summed E-state index contributed by atoms with van der Waals surface area (Å²) in [7, 11) is 0. The van der Waals surface area contributed by atoms with E-state index >= 15 is 0 Å². The van der Waals surface area contributed by atoms with Gasteiger partial charge in [0.05, 0.1) is 6.54 Å². The first-order valence-corrected chi connectivity index (χ1v) is 4.85. The van der Waals surface area contributed by atoms with Gasteiger partial charge in [-0.3, -0.25) is 4.90 Å². The number of hydrogen-bond donors (Lipinski definition) is 1. The van der Waals surface area contributed by atoms with Gasteiger partial charge < -0.3 is 5.73 Å². The average Bonchev–Trinajstić information content (AvgIpc) is 2.03. The van der Waals surface area contributed by atoms with Crippen LogP contribution in [-0.2, 0) is 0 Å². The molecule has 0 aliphatic carbocycles. The van der Waals surface area contributed by atoms with Crippen molar-refractivity contribution in [2.24, 2.45) is 11.7 Å². The van der Waals surface area contributed by atoms with Gasteiger partial charge in [0.2, 0.25) is 0 Å². The van der Waals surface area contributed by atoms with Crippen LogP contribution in [0.4, 0.5) is 8.78 Å². The Morgan fingerprint density at radius 2 is 2.23 bits per heavy atom. The van der Waals surface area contributed by atoms with E-state index in [1.165, 1.54) is 0 Å². The number of nitrogens with two attached hydrogens (primary N) is 1.